The third kappa shape index (κ3) is 2.74. The van der Waals surface area contributed by atoms with Crippen molar-refractivity contribution in [3.63, 3.8) is 0 Å². The summed E-state index contributed by atoms with van der Waals surface area (Å²) < 4.78 is 13.5. The van der Waals surface area contributed by atoms with Gasteiger partial charge >= 0.3 is 0 Å². The first kappa shape index (κ1) is 19.7. The first-order valence-corrected chi connectivity index (χ1v) is 10.2. The Morgan fingerprint density at radius 1 is 1.03 bits per heavy atom. The molecule has 3 aromatic rings. The summed E-state index contributed by atoms with van der Waals surface area (Å²) in [4.78, 5) is 20.0. The molecule has 5 rings (SSSR count). The summed E-state index contributed by atoms with van der Waals surface area (Å²) in [7, 11) is 0. The Balaban J connectivity index is 1.78. The van der Waals surface area contributed by atoms with Gasteiger partial charge < -0.3 is 4.90 Å². The van der Waals surface area contributed by atoms with Gasteiger partial charge in [0.1, 0.15) is 11.9 Å². The van der Waals surface area contributed by atoms with Crippen molar-refractivity contribution in [3.8, 4) is 12.1 Å². The Morgan fingerprint density at radius 2 is 1.78 bits per heavy atom. The average Bonchev–Trinajstić information content (AvgIpc) is 3.15. The van der Waals surface area contributed by atoms with Gasteiger partial charge in [0.15, 0.2) is 11.2 Å². The van der Waals surface area contributed by atoms with Gasteiger partial charge in [-0.05, 0) is 47.5 Å². The number of ketones is 1. The summed E-state index contributed by atoms with van der Waals surface area (Å²) in [6.45, 7) is 0. The lowest BCUT2D eigenvalue weighted by Crippen LogP contribution is -2.44. The van der Waals surface area contributed by atoms with E-state index < -0.39 is 29.2 Å². The Kier molecular flexibility index (Phi) is 4.57. The van der Waals surface area contributed by atoms with Gasteiger partial charge in [0.05, 0.1) is 18.2 Å². The van der Waals surface area contributed by atoms with Crippen LogP contribution in [0.2, 0.25) is 0 Å². The fourth-order valence-electron chi connectivity index (χ4n) is 4.95. The molecule has 2 aliphatic heterocycles. The van der Waals surface area contributed by atoms with Crippen molar-refractivity contribution in [2.75, 3.05) is 4.90 Å². The predicted octanol–water partition coefficient (Wildman–Crippen LogP) is 4.50. The zero-order valence-corrected chi connectivity index (χ0v) is 16.9. The van der Waals surface area contributed by atoms with E-state index in [-0.39, 0.29) is 5.78 Å². The summed E-state index contributed by atoms with van der Waals surface area (Å²) in [5, 5.41) is 20.7. The molecule has 2 aliphatic rings. The number of pyridine rings is 1. The number of carbonyl (C=O) groups is 1. The molecule has 0 amide bonds. The van der Waals surface area contributed by atoms with E-state index in [2.05, 4.69) is 17.1 Å². The summed E-state index contributed by atoms with van der Waals surface area (Å²) in [5.41, 5.74) is 1.12. The minimum Gasteiger partial charge on any atom is -0.351 e. The number of Topliss-reactive ketones (excluding diaryl/α,β-unsaturated/α-hetero) is 1. The highest BCUT2D eigenvalue weighted by atomic mass is 19.1. The summed E-state index contributed by atoms with van der Waals surface area (Å²) in [6, 6.07) is 19.5. The first-order chi connectivity index (χ1) is 15.6. The van der Waals surface area contributed by atoms with Gasteiger partial charge in [-0.2, -0.15) is 10.5 Å². The lowest BCUT2D eigenvalue weighted by Gasteiger charge is -2.35. The molecule has 3 heterocycles. The topological polar surface area (TPSA) is 80.8 Å². The summed E-state index contributed by atoms with van der Waals surface area (Å²) in [5.74, 6) is -1.48. The number of para-hydroxylation sites is 1. The number of nitrogens with zero attached hydrogens (tertiary/aromatic N) is 4. The van der Waals surface area contributed by atoms with Crippen molar-refractivity contribution >= 4 is 17.5 Å². The van der Waals surface area contributed by atoms with E-state index in [1.54, 1.807) is 24.5 Å². The Labute approximate surface area is 184 Å². The molecule has 0 spiro atoms. The Morgan fingerprint density at radius 3 is 2.47 bits per heavy atom. The van der Waals surface area contributed by atoms with Crippen molar-refractivity contribution in [2.45, 2.75) is 18.0 Å². The zero-order valence-electron chi connectivity index (χ0n) is 16.9. The number of aromatic nitrogens is 1. The number of carbonyl (C=O) groups excluding carboxylic acids is 1. The molecule has 1 saturated heterocycles. The maximum Gasteiger partial charge on any atom is 0.185 e. The fourth-order valence-corrected chi connectivity index (χ4v) is 4.95. The number of rotatable bonds is 3. The van der Waals surface area contributed by atoms with Crippen LogP contribution < -0.4 is 4.90 Å². The lowest BCUT2D eigenvalue weighted by atomic mass is 9.69. The third-order valence-electron chi connectivity index (χ3n) is 6.36. The number of hydrogen-bond donors (Lipinski definition) is 0. The SMILES string of the molecule is N#CC1(C#N)[C@H](c2cccnc2)[C@H](C(=O)c2ccc(F)cc2)N2c3ccccc3C=C[C@H]21. The average molecular weight is 420 g/mol. The van der Waals surface area contributed by atoms with Crippen LogP contribution in [0, 0.1) is 33.9 Å². The quantitative estimate of drug-likeness (QED) is 0.583. The van der Waals surface area contributed by atoms with Crippen molar-refractivity contribution in [3.05, 3.63) is 102 Å². The van der Waals surface area contributed by atoms with Gasteiger partial charge in [0.2, 0.25) is 0 Å². The van der Waals surface area contributed by atoms with Gasteiger partial charge in [-0.1, -0.05) is 36.4 Å². The molecule has 0 saturated carbocycles. The van der Waals surface area contributed by atoms with E-state index in [1.165, 1.54) is 24.3 Å². The molecule has 154 valence electrons. The van der Waals surface area contributed by atoms with Crippen LogP contribution in [0.25, 0.3) is 6.08 Å². The molecule has 1 aromatic heterocycles. The fraction of sp³-hybridized carbons (Fsp3) is 0.154. The van der Waals surface area contributed by atoms with Crippen LogP contribution in [-0.2, 0) is 0 Å². The largest absolute Gasteiger partial charge is 0.351 e. The minimum absolute atomic E-state index is 0.277. The molecule has 1 fully saturated rings. The van der Waals surface area contributed by atoms with Crippen LogP contribution in [0.15, 0.2) is 79.1 Å². The Bertz CT molecular complexity index is 1290. The number of halogens is 1. The molecule has 0 bridgehead atoms. The van der Waals surface area contributed by atoms with Crippen molar-refractivity contribution in [1.29, 1.82) is 10.5 Å². The second-order valence-electron chi connectivity index (χ2n) is 7.94. The van der Waals surface area contributed by atoms with Crippen LogP contribution in [0.1, 0.15) is 27.4 Å². The molecule has 3 atom stereocenters. The monoisotopic (exact) mass is 420 g/mol. The highest BCUT2D eigenvalue weighted by Crippen LogP contribution is 2.55. The summed E-state index contributed by atoms with van der Waals surface area (Å²) >= 11 is 0. The van der Waals surface area contributed by atoms with E-state index in [4.69, 9.17) is 0 Å². The molecule has 5 nitrogen and oxygen atoms in total. The normalized spacial score (nSPS) is 22.3. The number of benzene rings is 2. The molecule has 6 heteroatoms. The number of anilines is 1. The van der Waals surface area contributed by atoms with Crippen molar-refractivity contribution in [1.82, 2.24) is 4.98 Å². The number of fused-ring (bicyclic) bond motifs is 3. The number of nitriles is 2. The van der Waals surface area contributed by atoms with Crippen LogP contribution in [0.4, 0.5) is 10.1 Å². The Hall–Kier alpha value is -4.29. The number of hydrogen-bond acceptors (Lipinski definition) is 5. The predicted molar refractivity (Wildman–Crippen MR) is 117 cm³/mol. The maximum absolute atomic E-state index is 13.9. The molecule has 0 aliphatic carbocycles. The van der Waals surface area contributed by atoms with Crippen LogP contribution in [-0.4, -0.2) is 22.9 Å². The standard InChI is InChI=1S/C26H17FN4O/c27-20-10-7-18(8-11-20)25(32)24-23(19-5-3-13-30-14-19)26(15-28,16-29)22-12-9-17-4-1-2-6-21(17)31(22)24/h1-14,22-24H/t22-,23+,24+/m0/s1. The molecule has 0 N–H and O–H groups in total. The molecule has 0 unspecified atom stereocenters. The first-order valence-electron chi connectivity index (χ1n) is 10.2. The highest BCUT2D eigenvalue weighted by molar-refractivity contribution is 6.04. The molecular formula is C26H17FN4O. The van der Waals surface area contributed by atoms with Gasteiger partial charge in [0.25, 0.3) is 0 Å². The molecule has 2 aromatic carbocycles. The van der Waals surface area contributed by atoms with Gasteiger partial charge in [0, 0.05) is 29.6 Å². The summed E-state index contributed by atoms with van der Waals surface area (Å²) in [6.07, 6.45) is 6.94. The van der Waals surface area contributed by atoms with E-state index in [0.717, 1.165) is 11.3 Å². The van der Waals surface area contributed by atoms with Crippen molar-refractivity contribution in [2.24, 2.45) is 5.41 Å². The molecular weight excluding hydrogens is 403 g/mol. The van der Waals surface area contributed by atoms with Gasteiger partial charge in [-0.25, -0.2) is 4.39 Å². The van der Waals surface area contributed by atoms with Crippen LogP contribution in [0.3, 0.4) is 0 Å². The highest BCUT2D eigenvalue weighted by Gasteiger charge is 2.63. The van der Waals surface area contributed by atoms with Gasteiger partial charge in [-0.3, -0.25) is 9.78 Å². The smallest absolute Gasteiger partial charge is 0.185 e. The van der Waals surface area contributed by atoms with E-state index >= 15 is 0 Å². The van der Waals surface area contributed by atoms with Gasteiger partial charge in [-0.15, -0.1) is 0 Å². The zero-order chi connectivity index (χ0) is 22.3. The van der Waals surface area contributed by atoms with Crippen LogP contribution in [0.5, 0.6) is 0 Å². The molecule has 0 radical (unpaired) electrons. The minimum atomic E-state index is -1.52. The van der Waals surface area contributed by atoms with E-state index in [9.17, 15) is 19.7 Å². The van der Waals surface area contributed by atoms with E-state index in [0.29, 0.717) is 11.1 Å². The maximum atomic E-state index is 13.9. The lowest BCUT2D eigenvalue weighted by molar-refractivity contribution is 0.0951. The second-order valence-corrected chi connectivity index (χ2v) is 7.94. The third-order valence-corrected chi connectivity index (χ3v) is 6.36. The van der Waals surface area contributed by atoms with Crippen molar-refractivity contribution < 1.29 is 9.18 Å². The molecule has 32 heavy (non-hydrogen) atoms. The second kappa shape index (κ2) is 7.44. The van der Waals surface area contributed by atoms with Crippen LogP contribution >= 0.6 is 0 Å². The van der Waals surface area contributed by atoms with E-state index in [1.807, 2.05) is 41.3 Å².